The molecule has 0 bridgehead atoms. The van der Waals surface area contributed by atoms with Crippen molar-refractivity contribution in [3.8, 4) is 0 Å². The Morgan fingerprint density at radius 1 is 1.10 bits per heavy atom. The molecular formula is C16H27N3O2. The Morgan fingerprint density at radius 2 is 1.81 bits per heavy atom. The quantitative estimate of drug-likeness (QED) is 0.861. The predicted octanol–water partition coefficient (Wildman–Crippen LogP) is 1.97. The average molecular weight is 293 g/mol. The highest BCUT2D eigenvalue weighted by Gasteiger charge is 2.31. The van der Waals surface area contributed by atoms with Crippen LogP contribution >= 0.6 is 0 Å². The van der Waals surface area contributed by atoms with Crippen molar-refractivity contribution in [2.45, 2.75) is 57.4 Å². The van der Waals surface area contributed by atoms with Gasteiger partial charge in [0.1, 0.15) is 0 Å². The van der Waals surface area contributed by atoms with Gasteiger partial charge in [-0.1, -0.05) is 25.7 Å². The van der Waals surface area contributed by atoms with Crippen LogP contribution in [0.3, 0.4) is 0 Å². The zero-order valence-corrected chi connectivity index (χ0v) is 12.9. The first kappa shape index (κ1) is 14.7. The normalized spacial score (nSPS) is 24.7. The third-order valence-electron chi connectivity index (χ3n) is 5.39. The topological polar surface area (TPSA) is 52.7 Å². The van der Waals surface area contributed by atoms with E-state index in [2.05, 4.69) is 5.32 Å². The Labute approximate surface area is 127 Å². The summed E-state index contributed by atoms with van der Waals surface area (Å²) in [5, 5.41) is 2.86. The van der Waals surface area contributed by atoms with E-state index in [1.54, 1.807) is 0 Å². The largest absolute Gasteiger partial charge is 0.343 e. The molecule has 3 amide bonds. The van der Waals surface area contributed by atoms with Gasteiger partial charge in [0.2, 0.25) is 5.91 Å². The van der Waals surface area contributed by atoms with Gasteiger partial charge < -0.3 is 15.1 Å². The number of carbonyl (C=O) groups excluding carboxylic acids is 2. The van der Waals surface area contributed by atoms with Crippen LogP contribution < -0.4 is 5.32 Å². The number of urea groups is 1. The molecule has 118 valence electrons. The van der Waals surface area contributed by atoms with Gasteiger partial charge in [0.15, 0.2) is 0 Å². The number of amides is 3. The second-order valence-electron chi connectivity index (χ2n) is 6.73. The summed E-state index contributed by atoms with van der Waals surface area (Å²) in [6.07, 6.45) is 9.00. The number of hydrogen-bond acceptors (Lipinski definition) is 2. The van der Waals surface area contributed by atoms with E-state index in [1.807, 2.05) is 9.80 Å². The molecule has 2 aliphatic heterocycles. The number of piperidine rings is 1. The molecule has 0 unspecified atom stereocenters. The van der Waals surface area contributed by atoms with Gasteiger partial charge in [-0.3, -0.25) is 4.79 Å². The molecule has 0 aromatic carbocycles. The lowest BCUT2D eigenvalue weighted by atomic mass is 9.99. The van der Waals surface area contributed by atoms with E-state index in [-0.39, 0.29) is 6.03 Å². The first-order chi connectivity index (χ1) is 10.2. The molecule has 5 nitrogen and oxygen atoms in total. The Balaban J connectivity index is 1.40. The first-order valence-corrected chi connectivity index (χ1v) is 8.56. The molecule has 21 heavy (non-hydrogen) atoms. The minimum absolute atomic E-state index is 0.0704. The van der Waals surface area contributed by atoms with Crippen LogP contribution in [0.25, 0.3) is 0 Å². The van der Waals surface area contributed by atoms with Crippen molar-refractivity contribution >= 4 is 11.9 Å². The Bertz CT molecular complexity index is 385. The van der Waals surface area contributed by atoms with Gasteiger partial charge in [0.25, 0.3) is 0 Å². The highest BCUT2D eigenvalue weighted by Crippen LogP contribution is 2.29. The molecule has 5 heteroatoms. The van der Waals surface area contributed by atoms with Gasteiger partial charge >= 0.3 is 6.03 Å². The van der Waals surface area contributed by atoms with Crippen molar-refractivity contribution in [3.63, 3.8) is 0 Å². The van der Waals surface area contributed by atoms with Crippen molar-refractivity contribution in [2.24, 2.45) is 5.92 Å². The lowest BCUT2D eigenvalue weighted by molar-refractivity contribution is -0.132. The highest BCUT2D eigenvalue weighted by atomic mass is 16.2. The summed E-state index contributed by atoms with van der Waals surface area (Å²) in [4.78, 5) is 27.9. The van der Waals surface area contributed by atoms with Crippen molar-refractivity contribution in [1.82, 2.24) is 15.1 Å². The van der Waals surface area contributed by atoms with Crippen molar-refractivity contribution in [2.75, 3.05) is 26.2 Å². The van der Waals surface area contributed by atoms with Crippen molar-refractivity contribution in [3.05, 3.63) is 0 Å². The molecule has 0 aromatic rings. The van der Waals surface area contributed by atoms with Crippen LogP contribution in [0.5, 0.6) is 0 Å². The third kappa shape index (κ3) is 3.50. The Morgan fingerprint density at radius 3 is 2.43 bits per heavy atom. The summed E-state index contributed by atoms with van der Waals surface area (Å²) in [6.45, 7) is 3.22. The van der Waals surface area contributed by atoms with Gasteiger partial charge in [-0.15, -0.1) is 0 Å². The lowest BCUT2D eigenvalue weighted by Crippen LogP contribution is -2.47. The molecule has 1 aliphatic carbocycles. The zero-order chi connectivity index (χ0) is 14.7. The standard InChI is InChI=1S/C16H27N3O2/c20-15(6-5-13-3-1-2-4-13)18-10-7-14(8-11-18)19-12-9-17-16(19)21/h13-14H,1-12H2,(H,17,21). The SMILES string of the molecule is O=C(CCC1CCCC1)N1CCC(N2CCNC2=O)CC1. The minimum Gasteiger partial charge on any atom is -0.343 e. The summed E-state index contributed by atoms with van der Waals surface area (Å²) in [5.41, 5.74) is 0. The smallest absolute Gasteiger partial charge is 0.317 e. The van der Waals surface area contributed by atoms with Gasteiger partial charge in [-0.25, -0.2) is 4.79 Å². The van der Waals surface area contributed by atoms with E-state index in [4.69, 9.17) is 0 Å². The molecule has 3 fully saturated rings. The fraction of sp³-hybridized carbons (Fsp3) is 0.875. The van der Waals surface area contributed by atoms with Crippen molar-refractivity contribution in [1.29, 1.82) is 0 Å². The number of hydrogen-bond donors (Lipinski definition) is 1. The molecule has 3 aliphatic rings. The Kier molecular flexibility index (Phi) is 4.66. The fourth-order valence-electron chi connectivity index (χ4n) is 4.05. The van der Waals surface area contributed by atoms with E-state index >= 15 is 0 Å². The molecule has 2 heterocycles. The predicted molar refractivity (Wildman–Crippen MR) is 80.9 cm³/mol. The van der Waals surface area contributed by atoms with Gasteiger partial charge in [-0.05, 0) is 25.2 Å². The molecule has 1 saturated carbocycles. The molecule has 1 N–H and O–H groups in total. The number of nitrogens with zero attached hydrogens (tertiary/aromatic N) is 2. The summed E-state index contributed by atoms with van der Waals surface area (Å²) in [7, 11) is 0. The van der Waals surface area contributed by atoms with E-state index in [0.717, 1.165) is 57.8 Å². The second kappa shape index (κ2) is 6.67. The summed E-state index contributed by atoms with van der Waals surface area (Å²) in [5.74, 6) is 1.12. The maximum Gasteiger partial charge on any atom is 0.317 e. The number of carbonyl (C=O) groups is 2. The van der Waals surface area contributed by atoms with Crippen LogP contribution in [0.1, 0.15) is 51.4 Å². The first-order valence-electron chi connectivity index (χ1n) is 8.56. The van der Waals surface area contributed by atoms with Gasteiger partial charge in [0.05, 0.1) is 0 Å². The van der Waals surface area contributed by atoms with Crippen LogP contribution in [0, 0.1) is 5.92 Å². The molecule has 2 saturated heterocycles. The zero-order valence-electron chi connectivity index (χ0n) is 12.9. The molecule has 0 atom stereocenters. The van der Waals surface area contributed by atoms with E-state index < -0.39 is 0 Å². The summed E-state index contributed by atoms with van der Waals surface area (Å²) in [6, 6.07) is 0.396. The highest BCUT2D eigenvalue weighted by molar-refractivity contribution is 5.77. The molecular weight excluding hydrogens is 266 g/mol. The van der Waals surface area contributed by atoms with E-state index in [9.17, 15) is 9.59 Å². The number of nitrogens with one attached hydrogen (secondary N) is 1. The monoisotopic (exact) mass is 293 g/mol. The molecule has 0 aromatic heterocycles. The summed E-state index contributed by atoms with van der Waals surface area (Å²) >= 11 is 0. The summed E-state index contributed by atoms with van der Waals surface area (Å²) < 4.78 is 0. The van der Waals surface area contributed by atoms with Crippen molar-refractivity contribution < 1.29 is 9.59 Å². The number of likely N-dealkylation sites (tertiary alicyclic amines) is 1. The number of rotatable bonds is 4. The minimum atomic E-state index is 0.0704. The third-order valence-corrected chi connectivity index (χ3v) is 5.39. The maximum absolute atomic E-state index is 12.3. The van der Waals surface area contributed by atoms with Crippen LogP contribution in [-0.2, 0) is 4.79 Å². The molecule has 0 radical (unpaired) electrons. The second-order valence-corrected chi connectivity index (χ2v) is 6.73. The lowest BCUT2D eigenvalue weighted by Gasteiger charge is -2.36. The van der Waals surface area contributed by atoms with Crippen LogP contribution in [0.4, 0.5) is 4.79 Å². The Hall–Kier alpha value is -1.26. The molecule has 3 rings (SSSR count). The van der Waals surface area contributed by atoms with E-state index in [1.165, 1.54) is 25.7 Å². The fourth-order valence-corrected chi connectivity index (χ4v) is 4.05. The van der Waals surface area contributed by atoms with Gasteiger partial charge in [0, 0.05) is 38.6 Å². The van der Waals surface area contributed by atoms with Crippen LogP contribution in [0.2, 0.25) is 0 Å². The van der Waals surface area contributed by atoms with Crippen LogP contribution in [0.15, 0.2) is 0 Å². The molecule has 0 spiro atoms. The van der Waals surface area contributed by atoms with Gasteiger partial charge in [-0.2, -0.15) is 0 Å². The average Bonchev–Trinajstić information content (AvgIpc) is 3.16. The van der Waals surface area contributed by atoms with Crippen LogP contribution in [-0.4, -0.2) is 54.0 Å². The van der Waals surface area contributed by atoms with E-state index in [0.29, 0.717) is 11.9 Å². The maximum atomic E-state index is 12.3.